The molecular weight excluding hydrogens is 547 g/mol. The smallest absolute Gasteiger partial charge is 0.224 e. The van der Waals surface area contributed by atoms with Gasteiger partial charge in [0.1, 0.15) is 16.4 Å². The van der Waals surface area contributed by atoms with Crippen LogP contribution in [0.1, 0.15) is 49.3 Å². The van der Waals surface area contributed by atoms with E-state index < -0.39 is 15.4 Å². The number of thiazole rings is 1. The first-order valence-corrected chi connectivity index (χ1v) is 16.5. The second-order valence-electron chi connectivity index (χ2n) is 11.1. The summed E-state index contributed by atoms with van der Waals surface area (Å²) in [5.74, 6) is -0.510. The van der Waals surface area contributed by atoms with E-state index in [0.29, 0.717) is 25.9 Å². The van der Waals surface area contributed by atoms with E-state index in [1.54, 1.807) is 23.5 Å². The van der Waals surface area contributed by atoms with Gasteiger partial charge in [-0.25, -0.2) is 17.8 Å². The quantitative estimate of drug-likeness (QED) is 0.426. The molecule has 1 amide bonds. The molecule has 0 radical (unpaired) electrons. The topological polar surface area (TPSA) is 103 Å². The summed E-state index contributed by atoms with van der Waals surface area (Å²) in [4.78, 5) is 21.8. The Kier molecular flexibility index (Phi) is 7.13. The minimum atomic E-state index is -3.04. The van der Waals surface area contributed by atoms with Crippen molar-refractivity contribution in [2.24, 2.45) is 5.92 Å². The molecule has 1 aliphatic heterocycles. The number of benzene rings is 2. The fourth-order valence-electron chi connectivity index (χ4n) is 5.87. The van der Waals surface area contributed by atoms with Gasteiger partial charge in [-0.3, -0.25) is 4.79 Å². The van der Waals surface area contributed by atoms with Crippen LogP contribution in [-0.2, 0) is 14.6 Å². The number of carbonyl (C=O) groups is 1. The zero-order valence-electron chi connectivity index (χ0n) is 22.1. The summed E-state index contributed by atoms with van der Waals surface area (Å²) in [6.07, 6.45) is 4.89. The van der Waals surface area contributed by atoms with Gasteiger partial charge in [-0.1, -0.05) is 31.0 Å². The lowest BCUT2D eigenvalue weighted by Gasteiger charge is -2.32. The van der Waals surface area contributed by atoms with Gasteiger partial charge in [-0.15, -0.1) is 11.3 Å². The number of halogens is 1. The zero-order chi connectivity index (χ0) is 27.9. The SMILES string of the molecule is N#CC1(NC(=O)[C@@H]2CCCC[C@H]2c2sc(-c3ccc(F)cc3)nc2-c2ccccc2N2CCS(=O)(=O)CC2)CC1. The average Bonchev–Trinajstić information content (AvgIpc) is 3.60. The molecule has 2 atom stereocenters. The van der Waals surface area contributed by atoms with Gasteiger partial charge in [0.25, 0.3) is 0 Å². The molecule has 40 heavy (non-hydrogen) atoms. The molecule has 3 aliphatic rings. The molecule has 2 aromatic carbocycles. The third kappa shape index (κ3) is 5.37. The second kappa shape index (κ2) is 10.6. The number of aromatic nitrogens is 1. The molecule has 2 aliphatic carbocycles. The van der Waals surface area contributed by atoms with Crippen molar-refractivity contribution in [3.63, 3.8) is 0 Å². The largest absolute Gasteiger partial charge is 0.369 e. The highest BCUT2D eigenvalue weighted by atomic mass is 32.2. The van der Waals surface area contributed by atoms with E-state index in [2.05, 4.69) is 16.3 Å². The van der Waals surface area contributed by atoms with Crippen LogP contribution in [0, 0.1) is 23.1 Å². The first kappa shape index (κ1) is 26.9. The Morgan fingerprint density at radius 2 is 1.77 bits per heavy atom. The normalized spacial score (nSPS) is 23.2. The van der Waals surface area contributed by atoms with Crippen molar-refractivity contribution in [2.45, 2.75) is 50.0 Å². The predicted molar refractivity (Wildman–Crippen MR) is 154 cm³/mol. The molecule has 0 unspecified atom stereocenters. The molecule has 3 fully saturated rings. The van der Waals surface area contributed by atoms with Crippen molar-refractivity contribution >= 4 is 32.8 Å². The molecule has 0 bridgehead atoms. The molecule has 0 spiro atoms. The van der Waals surface area contributed by atoms with Crippen LogP contribution in [0.5, 0.6) is 0 Å². The van der Waals surface area contributed by atoms with E-state index in [0.717, 1.165) is 58.1 Å². The van der Waals surface area contributed by atoms with E-state index in [4.69, 9.17) is 4.98 Å². The van der Waals surface area contributed by atoms with Gasteiger partial charge in [0.2, 0.25) is 5.91 Å². The van der Waals surface area contributed by atoms with Gasteiger partial charge in [0.15, 0.2) is 9.84 Å². The van der Waals surface area contributed by atoms with Gasteiger partial charge in [-0.2, -0.15) is 5.26 Å². The molecule has 1 aromatic heterocycles. The van der Waals surface area contributed by atoms with E-state index in [1.807, 2.05) is 24.3 Å². The Balaban J connectivity index is 1.43. The van der Waals surface area contributed by atoms with Crippen LogP contribution in [-0.4, -0.2) is 49.4 Å². The van der Waals surface area contributed by atoms with E-state index in [-0.39, 0.29) is 35.1 Å². The lowest BCUT2D eigenvalue weighted by Crippen LogP contribution is -2.42. The van der Waals surface area contributed by atoms with Crippen molar-refractivity contribution in [1.82, 2.24) is 10.3 Å². The first-order valence-electron chi connectivity index (χ1n) is 13.8. The third-order valence-corrected chi connectivity index (χ3v) is 11.2. The summed E-state index contributed by atoms with van der Waals surface area (Å²) in [7, 11) is -3.04. The van der Waals surface area contributed by atoms with Crippen LogP contribution in [0.15, 0.2) is 48.5 Å². The van der Waals surface area contributed by atoms with Gasteiger partial charge in [-0.05, 0) is 56.0 Å². The predicted octanol–water partition coefficient (Wildman–Crippen LogP) is 5.30. The number of nitriles is 1. The highest BCUT2D eigenvalue weighted by Gasteiger charge is 2.47. The Bertz CT molecular complexity index is 1560. The summed E-state index contributed by atoms with van der Waals surface area (Å²) in [5.41, 5.74) is 2.70. The highest BCUT2D eigenvalue weighted by molar-refractivity contribution is 7.91. The molecule has 10 heteroatoms. The summed E-state index contributed by atoms with van der Waals surface area (Å²) in [6.45, 7) is 0.822. The van der Waals surface area contributed by atoms with Crippen molar-refractivity contribution in [3.8, 4) is 27.9 Å². The third-order valence-electron chi connectivity index (χ3n) is 8.35. The molecule has 1 saturated heterocycles. The molecule has 6 rings (SSSR count). The second-order valence-corrected chi connectivity index (χ2v) is 14.4. The number of para-hydroxylation sites is 1. The number of carbonyl (C=O) groups excluding carboxylic acids is 1. The molecule has 2 saturated carbocycles. The summed E-state index contributed by atoms with van der Waals surface area (Å²) in [5, 5.41) is 13.4. The number of amides is 1. The zero-order valence-corrected chi connectivity index (χ0v) is 23.7. The number of nitrogens with zero attached hydrogens (tertiary/aromatic N) is 3. The average molecular weight is 579 g/mol. The van der Waals surface area contributed by atoms with Crippen molar-refractivity contribution < 1.29 is 17.6 Å². The van der Waals surface area contributed by atoms with Crippen LogP contribution in [0.3, 0.4) is 0 Å². The van der Waals surface area contributed by atoms with Crippen molar-refractivity contribution in [3.05, 3.63) is 59.2 Å². The highest BCUT2D eigenvalue weighted by Crippen LogP contribution is 2.48. The van der Waals surface area contributed by atoms with Crippen LogP contribution >= 0.6 is 11.3 Å². The van der Waals surface area contributed by atoms with Crippen LogP contribution in [0.4, 0.5) is 10.1 Å². The van der Waals surface area contributed by atoms with E-state index in [1.165, 1.54) is 12.1 Å². The van der Waals surface area contributed by atoms with E-state index >= 15 is 0 Å². The first-order chi connectivity index (χ1) is 19.3. The molecule has 1 N–H and O–H groups in total. The number of hydrogen-bond acceptors (Lipinski definition) is 7. The fourth-order valence-corrected chi connectivity index (χ4v) is 8.36. The maximum atomic E-state index is 13.7. The maximum Gasteiger partial charge on any atom is 0.224 e. The number of rotatable bonds is 6. The summed E-state index contributed by atoms with van der Waals surface area (Å²) in [6, 6.07) is 16.5. The van der Waals surface area contributed by atoms with Crippen LogP contribution in [0.2, 0.25) is 0 Å². The lowest BCUT2D eigenvalue weighted by atomic mass is 9.77. The number of hydrogen-bond donors (Lipinski definition) is 1. The number of anilines is 1. The maximum absolute atomic E-state index is 13.7. The van der Waals surface area contributed by atoms with Crippen LogP contribution < -0.4 is 10.2 Å². The number of sulfone groups is 1. The minimum absolute atomic E-state index is 0.0686. The van der Waals surface area contributed by atoms with Gasteiger partial charge >= 0.3 is 0 Å². The van der Waals surface area contributed by atoms with Crippen LogP contribution in [0.25, 0.3) is 21.8 Å². The van der Waals surface area contributed by atoms with Crippen molar-refractivity contribution in [1.29, 1.82) is 5.26 Å². The monoisotopic (exact) mass is 578 g/mol. The lowest BCUT2D eigenvalue weighted by molar-refractivity contribution is -0.127. The van der Waals surface area contributed by atoms with Gasteiger partial charge in [0.05, 0.1) is 23.3 Å². The molecule has 7 nitrogen and oxygen atoms in total. The Hall–Kier alpha value is -3.29. The minimum Gasteiger partial charge on any atom is -0.369 e. The summed E-state index contributed by atoms with van der Waals surface area (Å²) >= 11 is 1.54. The van der Waals surface area contributed by atoms with Crippen molar-refractivity contribution in [2.75, 3.05) is 29.5 Å². The fraction of sp³-hybridized carbons (Fsp3) is 0.433. The number of nitrogens with one attached hydrogen (secondary N) is 1. The Morgan fingerprint density at radius 3 is 2.48 bits per heavy atom. The Labute approximate surface area is 238 Å². The Morgan fingerprint density at radius 1 is 1.07 bits per heavy atom. The van der Waals surface area contributed by atoms with Gasteiger partial charge < -0.3 is 10.2 Å². The molecule has 208 valence electrons. The summed E-state index contributed by atoms with van der Waals surface area (Å²) < 4.78 is 38.0. The van der Waals surface area contributed by atoms with Gasteiger partial charge in [0, 0.05) is 46.6 Å². The standard InChI is InChI=1S/C30H31FN4O3S2/c31-21-11-9-20(10-12-21)29-33-26(24-7-3-4-8-25(24)35-15-17-40(37,38)18-16-35)27(39-29)22-5-1-2-6-23(22)28(36)34-30(19-32)13-14-30/h3-4,7-12,22-23H,1-2,5-6,13-18H2,(H,34,36)/t22-,23-/m1/s1. The molecule has 3 aromatic rings. The van der Waals surface area contributed by atoms with E-state index in [9.17, 15) is 22.9 Å². The molecular formula is C30H31FN4O3S2. The molecule has 2 heterocycles.